The first-order valence-electron chi connectivity index (χ1n) is 4.26. The fourth-order valence-electron chi connectivity index (χ4n) is 0.693. The molecule has 0 amide bonds. The topological polar surface area (TPSA) is 18.5 Å². The molecule has 0 aliphatic carbocycles. The first-order valence-corrected chi connectivity index (χ1v) is 4.26. The Balaban J connectivity index is 0.000000187. The zero-order chi connectivity index (χ0) is 8.36. The molecule has 0 fully saturated rings. The Morgan fingerprint density at radius 3 is 2.18 bits per heavy atom. The molecular weight excluding hydrogens is 140 g/mol. The zero-order valence-electron chi connectivity index (χ0n) is 7.51. The van der Waals surface area contributed by atoms with Gasteiger partial charge in [0.2, 0.25) is 0 Å². The summed E-state index contributed by atoms with van der Waals surface area (Å²) in [5.74, 6) is 0. The monoisotopic (exact) mass is 158 g/mol. The van der Waals surface area contributed by atoms with E-state index in [9.17, 15) is 0 Å². The molecule has 1 aliphatic heterocycles. The van der Waals surface area contributed by atoms with Crippen molar-refractivity contribution in [1.82, 2.24) is 0 Å². The molecule has 2 heteroatoms. The summed E-state index contributed by atoms with van der Waals surface area (Å²) in [6.45, 7) is 6.58. The summed E-state index contributed by atoms with van der Waals surface area (Å²) < 4.78 is 9.72. The molecule has 0 N–H and O–H groups in total. The summed E-state index contributed by atoms with van der Waals surface area (Å²) >= 11 is 0. The number of ether oxygens (including phenoxy) is 2. The maximum atomic E-state index is 4.89. The van der Waals surface area contributed by atoms with Gasteiger partial charge in [0.1, 0.15) is 0 Å². The second kappa shape index (κ2) is 9.50. The Labute approximate surface area is 69.2 Å². The Kier molecular flexibility index (Phi) is 9.07. The van der Waals surface area contributed by atoms with Gasteiger partial charge in [0.15, 0.2) is 0 Å². The molecule has 1 aliphatic rings. The number of rotatable bonds is 2. The lowest BCUT2D eigenvalue weighted by Gasteiger charge is -2.01. The molecule has 0 radical (unpaired) electrons. The van der Waals surface area contributed by atoms with Crippen molar-refractivity contribution >= 4 is 0 Å². The molecule has 0 aromatic rings. The van der Waals surface area contributed by atoms with Gasteiger partial charge in [0.05, 0.1) is 12.9 Å². The van der Waals surface area contributed by atoms with E-state index in [4.69, 9.17) is 9.47 Å². The third-order valence-electron chi connectivity index (χ3n) is 1.23. The summed E-state index contributed by atoms with van der Waals surface area (Å²) in [7, 11) is 0. The van der Waals surface area contributed by atoms with Crippen molar-refractivity contribution in [3.63, 3.8) is 0 Å². The fraction of sp³-hybridized carbons (Fsp3) is 0.778. The second-order valence-corrected chi connectivity index (χ2v) is 2.17. The number of allylic oxidation sites excluding steroid dienone is 1. The van der Waals surface area contributed by atoms with Crippen molar-refractivity contribution in [3.8, 4) is 0 Å². The van der Waals surface area contributed by atoms with Crippen LogP contribution in [0.1, 0.15) is 26.7 Å². The van der Waals surface area contributed by atoms with Crippen LogP contribution >= 0.6 is 0 Å². The van der Waals surface area contributed by atoms with Crippen molar-refractivity contribution in [2.45, 2.75) is 26.7 Å². The van der Waals surface area contributed by atoms with Gasteiger partial charge in [0, 0.05) is 13.2 Å². The molecule has 1 rings (SSSR count). The van der Waals surface area contributed by atoms with E-state index in [-0.39, 0.29) is 0 Å². The maximum absolute atomic E-state index is 4.89. The highest BCUT2D eigenvalue weighted by Crippen LogP contribution is 1.97. The highest BCUT2D eigenvalue weighted by molar-refractivity contribution is 4.76. The Morgan fingerprint density at radius 2 is 2.09 bits per heavy atom. The molecule has 0 saturated carbocycles. The van der Waals surface area contributed by atoms with Gasteiger partial charge in [0.25, 0.3) is 0 Å². The Morgan fingerprint density at radius 1 is 1.36 bits per heavy atom. The average molecular weight is 158 g/mol. The van der Waals surface area contributed by atoms with Crippen molar-refractivity contribution < 1.29 is 9.47 Å². The van der Waals surface area contributed by atoms with E-state index in [0.717, 1.165) is 19.8 Å². The smallest absolute Gasteiger partial charge is 0.0876 e. The van der Waals surface area contributed by atoms with Gasteiger partial charge in [-0.25, -0.2) is 0 Å². The molecule has 66 valence electrons. The fourth-order valence-corrected chi connectivity index (χ4v) is 0.693. The number of hydrogen-bond acceptors (Lipinski definition) is 2. The predicted molar refractivity (Wildman–Crippen MR) is 46.5 cm³/mol. The first-order chi connectivity index (χ1) is 5.41. The standard InChI is InChI=1S/C5H8O.C4H10O/c1-2-4-6-5-3-1;1-3-5-4-2/h2,4H,1,3,5H2;3-4H2,1-2H3. The van der Waals surface area contributed by atoms with Crippen LogP contribution in [-0.2, 0) is 9.47 Å². The van der Waals surface area contributed by atoms with Crippen LogP contribution in [0, 0.1) is 0 Å². The van der Waals surface area contributed by atoms with Crippen LogP contribution in [0.25, 0.3) is 0 Å². The minimum Gasteiger partial charge on any atom is -0.502 e. The summed E-state index contributed by atoms with van der Waals surface area (Å²) in [5.41, 5.74) is 0. The van der Waals surface area contributed by atoms with E-state index in [1.165, 1.54) is 12.8 Å². The van der Waals surface area contributed by atoms with Crippen LogP contribution in [0.2, 0.25) is 0 Å². The van der Waals surface area contributed by atoms with E-state index in [1.807, 2.05) is 19.9 Å². The quantitative estimate of drug-likeness (QED) is 0.614. The summed E-state index contributed by atoms with van der Waals surface area (Å²) in [5, 5.41) is 0. The Bertz CT molecular complexity index is 79.6. The van der Waals surface area contributed by atoms with Crippen LogP contribution in [0.3, 0.4) is 0 Å². The van der Waals surface area contributed by atoms with Crippen molar-refractivity contribution in [2.24, 2.45) is 0 Å². The summed E-state index contributed by atoms with van der Waals surface area (Å²) in [6.07, 6.45) is 6.20. The lowest BCUT2D eigenvalue weighted by molar-refractivity contribution is 0.162. The average Bonchev–Trinajstić information content (AvgIpc) is 2.10. The third-order valence-corrected chi connectivity index (χ3v) is 1.23. The molecule has 0 atom stereocenters. The predicted octanol–water partition coefficient (Wildman–Crippen LogP) is 2.35. The zero-order valence-corrected chi connectivity index (χ0v) is 7.51. The minimum atomic E-state index is 0.844. The van der Waals surface area contributed by atoms with Crippen LogP contribution in [0.5, 0.6) is 0 Å². The lowest BCUT2D eigenvalue weighted by Crippen LogP contribution is -1.90. The first kappa shape index (κ1) is 10.5. The van der Waals surface area contributed by atoms with Crippen LogP contribution in [-0.4, -0.2) is 19.8 Å². The van der Waals surface area contributed by atoms with E-state index in [0.29, 0.717) is 0 Å². The van der Waals surface area contributed by atoms with Crippen LogP contribution in [0.4, 0.5) is 0 Å². The van der Waals surface area contributed by atoms with Crippen molar-refractivity contribution in [1.29, 1.82) is 0 Å². The molecule has 1 heterocycles. The van der Waals surface area contributed by atoms with E-state index in [1.54, 1.807) is 6.26 Å². The van der Waals surface area contributed by atoms with Crippen LogP contribution in [0.15, 0.2) is 12.3 Å². The Hall–Kier alpha value is -0.500. The molecule has 0 aromatic heterocycles. The highest BCUT2D eigenvalue weighted by atomic mass is 16.5. The van der Waals surface area contributed by atoms with Gasteiger partial charge in [-0.2, -0.15) is 0 Å². The normalized spacial score (nSPS) is 14.7. The minimum absolute atomic E-state index is 0.844. The molecule has 0 bridgehead atoms. The largest absolute Gasteiger partial charge is 0.502 e. The highest BCUT2D eigenvalue weighted by Gasteiger charge is 1.86. The lowest BCUT2D eigenvalue weighted by atomic mass is 10.3. The van der Waals surface area contributed by atoms with Crippen LogP contribution < -0.4 is 0 Å². The van der Waals surface area contributed by atoms with Gasteiger partial charge in [-0.1, -0.05) is 0 Å². The van der Waals surface area contributed by atoms with Crippen molar-refractivity contribution in [2.75, 3.05) is 19.8 Å². The van der Waals surface area contributed by atoms with Gasteiger partial charge in [-0.05, 0) is 32.8 Å². The molecular formula is C9H18O2. The second-order valence-electron chi connectivity index (χ2n) is 2.17. The van der Waals surface area contributed by atoms with Gasteiger partial charge in [-0.15, -0.1) is 0 Å². The molecule has 0 unspecified atom stereocenters. The molecule has 0 saturated heterocycles. The SMILES string of the molecule is C1=COCCC1.CCOCC. The van der Waals surface area contributed by atoms with E-state index < -0.39 is 0 Å². The summed E-state index contributed by atoms with van der Waals surface area (Å²) in [6, 6.07) is 0. The van der Waals surface area contributed by atoms with E-state index >= 15 is 0 Å². The molecule has 11 heavy (non-hydrogen) atoms. The maximum Gasteiger partial charge on any atom is 0.0876 e. The van der Waals surface area contributed by atoms with Gasteiger partial charge < -0.3 is 9.47 Å². The van der Waals surface area contributed by atoms with E-state index in [2.05, 4.69) is 0 Å². The molecule has 0 spiro atoms. The van der Waals surface area contributed by atoms with Gasteiger partial charge >= 0.3 is 0 Å². The third kappa shape index (κ3) is 9.50. The molecule has 2 nitrogen and oxygen atoms in total. The van der Waals surface area contributed by atoms with Crippen molar-refractivity contribution in [3.05, 3.63) is 12.3 Å². The molecule has 0 aromatic carbocycles. The number of hydrogen-bond donors (Lipinski definition) is 0. The summed E-state index contributed by atoms with van der Waals surface area (Å²) in [4.78, 5) is 0. The van der Waals surface area contributed by atoms with Gasteiger partial charge in [-0.3, -0.25) is 0 Å².